The fraction of sp³-hybridized carbons (Fsp3) is 0.786. The smallest absolute Gasteiger partial charge is 0.305 e. The Morgan fingerprint density at radius 1 is 1.43 bits per heavy atom. The number of carbonyl (C=O) groups is 1. The van der Waals surface area contributed by atoms with Crippen molar-refractivity contribution in [2.75, 3.05) is 27.2 Å². The number of azide groups is 1. The van der Waals surface area contributed by atoms with E-state index in [0.29, 0.717) is 13.0 Å². The summed E-state index contributed by atoms with van der Waals surface area (Å²) in [5.74, 6) is -0.156. The molecule has 1 heterocycles. The van der Waals surface area contributed by atoms with Crippen LogP contribution < -0.4 is 0 Å². The summed E-state index contributed by atoms with van der Waals surface area (Å²) >= 11 is 0. The van der Waals surface area contributed by atoms with Gasteiger partial charge >= 0.3 is 5.97 Å². The molecule has 0 bridgehead atoms. The SMILES string of the molecule is COC(=O)CCCCCn1cc(CN(C)CCCN=[N+]=[N-])nn1. The molecule has 0 spiro atoms. The molecule has 128 valence electrons. The van der Waals surface area contributed by atoms with Crippen LogP contribution in [0.25, 0.3) is 10.4 Å². The van der Waals surface area contributed by atoms with Gasteiger partial charge in [-0.15, -0.1) is 5.10 Å². The minimum Gasteiger partial charge on any atom is -0.469 e. The van der Waals surface area contributed by atoms with Crippen LogP contribution in [0.4, 0.5) is 0 Å². The van der Waals surface area contributed by atoms with Crippen LogP contribution in [0.2, 0.25) is 0 Å². The second-order valence-corrected chi connectivity index (χ2v) is 5.41. The molecule has 1 aromatic heterocycles. The van der Waals surface area contributed by atoms with Gasteiger partial charge in [-0.05, 0) is 38.4 Å². The van der Waals surface area contributed by atoms with Gasteiger partial charge in [-0.2, -0.15) is 0 Å². The Bertz CT molecular complexity index is 511. The van der Waals surface area contributed by atoms with Crippen LogP contribution in [0.15, 0.2) is 11.3 Å². The molecule has 0 unspecified atom stereocenters. The number of methoxy groups -OCH3 is 1. The summed E-state index contributed by atoms with van der Waals surface area (Å²) in [5, 5.41) is 11.8. The third-order valence-corrected chi connectivity index (χ3v) is 3.37. The Kier molecular flexibility index (Phi) is 9.42. The van der Waals surface area contributed by atoms with Crippen molar-refractivity contribution in [3.63, 3.8) is 0 Å². The van der Waals surface area contributed by atoms with Crippen molar-refractivity contribution in [3.8, 4) is 0 Å². The van der Waals surface area contributed by atoms with E-state index < -0.39 is 0 Å². The van der Waals surface area contributed by atoms with Crippen molar-refractivity contribution >= 4 is 5.97 Å². The number of aromatic nitrogens is 3. The fourth-order valence-electron chi connectivity index (χ4n) is 2.15. The molecule has 0 saturated carbocycles. The quantitative estimate of drug-likeness (QED) is 0.192. The maximum atomic E-state index is 11.0. The van der Waals surface area contributed by atoms with Gasteiger partial charge in [0.05, 0.1) is 12.8 Å². The highest BCUT2D eigenvalue weighted by molar-refractivity contribution is 5.68. The molecule has 0 saturated heterocycles. The second kappa shape index (κ2) is 11.4. The molecule has 0 fully saturated rings. The maximum Gasteiger partial charge on any atom is 0.305 e. The first-order valence-electron chi connectivity index (χ1n) is 7.81. The summed E-state index contributed by atoms with van der Waals surface area (Å²) in [6.07, 6.45) is 6.01. The first kappa shape index (κ1) is 18.9. The zero-order valence-electron chi connectivity index (χ0n) is 13.9. The summed E-state index contributed by atoms with van der Waals surface area (Å²) in [6, 6.07) is 0. The van der Waals surface area contributed by atoms with Gasteiger partial charge in [0.15, 0.2) is 0 Å². The Morgan fingerprint density at radius 3 is 3.00 bits per heavy atom. The lowest BCUT2D eigenvalue weighted by molar-refractivity contribution is -0.140. The molecular weight excluding hydrogens is 298 g/mol. The van der Waals surface area contributed by atoms with Gasteiger partial charge in [-0.25, -0.2) is 0 Å². The monoisotopic (exact) mass is 323 g/mol. The van der Waals surface area contributed by atoms with Crippen LogP contribution in [-0.4, -0.2) is 53.1 Å². The normalized spacial score (nSPS) is 10.6. The van der Waals surface area contributed by atoms with E-state index >= 15 is 0 Å². The molecule has 9 nitrogen and oxygen atoms in total. The summed E-state index contributed by atoms with van der Waals surface area (Å²) in [6.45, 7) is 2.88. The van der Waals surface area contributed by atoms with E-state index in [1.807, 2.05) is 17.9 Å². The lowest BCUT2D eigenvalue weighted by Crippen LogP contribution is -2.19. The van der Waals surface area contributed by atoms with E-state index in [0.717, 1.165) is 51.0 Å². The van der Waals surface area contributed by atoms with Gasteiger partial charge < -0.3 is 9.64 Å². The minimum absolute atomic E-state index is 0.156. The van der Waals surface area contributed by atoms with E-state index in [1.54, 1.807) is 0 Å². The largest absolute Gasteiger partial charge is 0.469 e. The molecule has 1 rings (SSSR count). The molecular formula is C14H25N7O2. The number of rotatable bonds is 12. The number of nitrogens with zero attached hydrogens (tertiary/aromatic N) is 7. The number of esters is 1. The topological polar surface area (TPSA) is 109 Å². The number of hydrogen-bond acceptors (Lipinski definition) is 6. The fourth-order valence-corrected chi connectivity index (χ4v) is 2.15. The van der Waals surface area contributed by atoms with Gasteiger partial charge in [0, 0.05) is 37.2 Å². The zero-order chi connectivity index (χ0) is 16.9. The molecule has 0 amide bonds. The van der Waals surface area contributed by atoms with E-state index in [9.17, 15) is 4.79 Å². The van der Waals surface area contributed by atoms with Crippen molar-refractivity contribution in [3.05, 3.63) is 22.3 Å². The maximum absolute atomic E-state index is 11.0. The number of ether oxygens (including phenoxy) is 1. The summed E-state index contributed by atoms with van der Waals surface area (Å²) in [7, 11) is 3.41. The van der Waals surface area contributed by atoms with Crippen molar-refractivity contribution in [2.45, 2.75) is 45.2 Å². The van der Waals surface area contributed by atoms with Gasteiger partial charge in [-0.1, -0.05) is 16.7 Å². The molecule has 0 aliphatic heterocycles. The third kappa shape index (κ3) is 8.80. The molecule has 1 aromatic rings. The Balaban J connectivity index is 2.18. The van der Waals surface area contributed by atoms with Crippen molar-refractivity contribution in [2.24, 2.45) is 5.11 Å². The molecule has 0 aliphatic carbocycles. The van der Waals surface area contributed by atoms with Gasteiger partial charge in [0.25, 0.3) is 0 Å². The van der Waals surface area contributed by atoms with E-state index in [1.165, 1.54) is 7.11 Å². The van der Waals surface area contributed by atoms with Crippen LogP contribution in [-0.2, 0) is 22.6 Å². The average Bonchev–Trinajstić information content (AvgIpc) is 2.98. The van der Waals surface area contributed by atoms with E-state index in [-0.39, 0.29) is 5.97 Å². The molecule has 23 heavy (non-hydrogen) atoms. The van der Waals surface area contributed by atoms with Crippen molar-refractivity contribution in [1.82, 2.24) is 19.9 Å². The first-order valence-corrected chi connectivity index (χ1v) is 7.81. The number of hydrogen-bond donors (Lipinski definition) is 0. The van der Waals surface area contributed by atoms with Crippen LogP contribution in [0.5, 0.6) is 0 Å². The molecule has 0 radical (unpaired) electrons. The van der Waals surface area contributed by atoms with Crippen LogP contribution >= 0.6 is 0 Å². The molecule has 0 aromatic carbocycles. The summed E-state index contributed by atoms with van der Waals surface area (Å²) < 4.78 is 6.44. The predicted molar refractivity (Wildman–Crippen MR) is 85.5 cm³/mol. The Hall–Kier alpha value is -2.12. The lowest BCUT2D eigenvalue weighted by Gasteiger charge is -2.13. The minimum atomic E-state index is -0.156. The van der Waals surface area contributed by atoms with Crippen LogP contribution in [0.3, 0.4) is 0 Å². The van der Waals surface area contributed by atoms with Crippen LogP contribution in [0.1, 0.15) is 37.8 Å². The number of unbranched alkanes of at least 4 members (excludes halogenated alkanes) is 2. The lowest BCUT2D eigenvalue weighted by atomic mass is 10.2. The standard InChI is InChI=1S/C14H25N7O2/c1-20(9-6-8-16-18-15)11-13-12-21(19-17-13)10-5-3-4-7-14(22)23-2/h12H,3-11H2,1-2H3. The van der Waals surface area contributed by atoms with E-state index in [4.69, 9.17) is 5.53 Å². The summed E-state index contributed by atoms with van der Waals surface area (Å²) in [5.41, 5.74) is 9.14. The predicted octanol–water partition coefficient (Wildman–Crippen LogP) is 2.14. The van der Waals surface area contributed by atoms with Gasteiger partial charge in [0.2, 0.25) is 0 Å². The molecule has 0 aliphatic rings. The third-order valence-electron chi connectivity index (χ3n) is 3.37. The van der Waals surface area contributed by atoms with Gasteiger partial charge in [-0.3, -0.25) is 9.48 Å². The molecule has 0 atom stereocenters. The zero-order valence-corrected chi connectivity index (χ0v) is 13.9. The Morgan fingerprint density at radius 2 is 2.26 bits per heavy atom. The van der Waals surface area contributed by atoms with Crippen LogP contribution in [0, 0.1) is 0 Å². The second-order valence-electron chi connectivity index (χ2n) is 5.41. The highest BCUT2D eigenvalue weighted by Crippen LogP contribution is 2.04. The van der Waals surface area contributed by atoms with Crippen molar-refractivity contribution < 1.29 is 9.53 Å². The first-order chi connectivity index (χ1) is 11.2. The number of aryl methyl sites for hydroxylation is 1. The van der Waals surface area contributed by atoms with E-state index in [2.05, 4.69) is 30.0 Å². The van der Waals surface area contributed by atoms with Gasteiger partial charge in [0.1, 0.15) is 0 Å². The molecule has 0 N–H and O–H groups in total. The average molecular weight is 323 g/mol. The van der Waals surface area contributed by atoms with Crippen molar-refractivity contribution in [1.29, 1.82) is 0 Å². The Labute approximate surface area is 136 Å². The summed E-state index contributed by atoms with van der Waals surface area (Å²) in [4.78, 5) is 15.8. The number of carbonyl (C=O) groups excluding carboxylic acids is 1. The highest BCUT2D eigenvalue weighted by atomic mass is 16.5. The highest BCUT2D eigenvalue weighted by Gasteiger charge is 2.05. The molecule has 9 heteroatoms.